The number of carbonyl (C=O) groups is 2. The summed E-state index contributed by atoms with van der Waals surface area (Å²) in [5.74, 6) is -1.12. The fourth-order valence-corrected chi connectivity index (χ4v) is 7.93. The lowest BCUT2D eigenvalue weighted by molar-refractivity contribution is -0.120. The van der Waals surface area contributed by atoms with Crippen LogP contribution < -0.4 is 5.32 Å². The lowest BCUT2D eigenvalue weighted by atomic mass is 9.97. The average Bonchev–Trinajstić information content (AvgIpc) is 3.39. The van der Waals surface area contributed by atoms with Crippen LogP contribution in [0.5, 0.6) is 0 Å². The number of hydrogen-bond donors (Lipinski definition) is 1. The van der Waals surface area contributed by atoms with E-state index in [9.17, 15) is 26.4 Å². The van der Waals surface area contributed by atoms with Gasteiger partial charge in [-0.1, -0.05) is 6.07 Å². The molecule has 4 rings (SSSR count). The monoisotopic (exact) mass is 526 g/mol. The summed E-state index contributed by atoms with van der Waals surface area (Å²) in [6.07, 6.45) is 4.28. The number of piperidine rings is 1. The number of sulfonamides is 1. The first-order chi connectivity index (χ1) is 16.0. The summed E-state index contributed by atoms with van der Waals surface area (Å²) in [5, 5.41) is 3.37. The van der Waals surface area contributed by atoms with E-state index in [1.165, 1.54) is 41.0 Å². The van der Waals surface area contributed by atoms with Crippen molar-refractivity contribution in [2.75, 3.05) is 31.8 Å². The van der Waals surface area contributed by atoms with Crippen molar-refractivity contribution >= 4 is 48.1 Å². The van der Waals surface area contributed by atoms with E-state index in [2.05, 4.69) is 5.32 Å². The number of fused-ring (bicyclic) bond motifs is 1. The Balaban J connectivity index is 1.45. The minimum atomic E-state index is -3.89. The van der Waals surface area contributed by atoms with Gasteiger partial charge < -0.3 is 10.1 Å². The molecule has 1 aliphatic heterocycles. The Hall–Kier alpha value is -2.28. The average molecular weight is 527 g/mol. The first-order valence-electron chi connectivity index (χ1n) is 10.9. The van der Waals surface area contributed by atoms with Crippen molar-refractivity contribution < 1.29 is 31.2 Å². The number of aryl methyl sites for hydroxylation is 1. The highest BCUT2D eigenvalue weighted by Crippen LogP contribution is 2.40. The number of thiophene rings is 1. The molecule has 0 saturated carbocycles. The van der Waals surface area contributed by atoms with Gasteiger partial charge in [0.1, 0.15) is 5.00 Å². The maximum Gasteiger partial charge on any atom is 0.341 e. The largest absolute Gasteiger partial charge is 0.465 e. The highest BCUT2D eigenvalue weighted by Gasteiger charge is 2.34. The van der Waals surface area contributed by atoms with E-state index in [0.717, 1.165) is 42.0 Å². The molecule has 2 heterocycles. The first kappa shape index (κ1) is 24.8. The van der Waals surface area contributed by atoms with Gasteiger partial charge >= 0.3 is 5.97 Å². The van der Waals surface area contributed by atoms with Gasteiger partial charge in [-0.2, -0.15) is 4.31 Å². The molecule has 0 unspecified atom stereocenters. The number of ether oxygens (including phenoxy) is 1. The second-order valence-electron chi connectivity index (χ2n) is 8.47. The van der Waals surface area contributed by atoms with Gasteiger partial charge in [0.2, 0.25) is 15.9 Å². The van der Waals surface area contributed by atoms with Gasteiger partial charge in [0.25, 0.3) is 0 Å². The Morgan fingerprint density at radius 2 is 1.76 bits per heavy atom. The molecule has 0 radical (unpaired) electrons. The molecule has 1 saturated heterocycles. The molecular weight excluding hydrogens is 500 g/mol. The third kappa shape index (κ3) is 4.77. The number of anilines is 1. The zero-order chi connectivity index (χ0) is 24.7. The number of benzene rings is 1. The molecule has 1 fully saturated rings. The molecule has 1 amide bonds. The van der Waals surface area contributed by atoms with Crippen molar-refractivity contribution in [2.24, 2.45) is 5.92 Å². The topological polar surface area (TPSA) is 127 Å². The summed E-state index contributed by atoms with van der Waals surface area (Å²) in [7, 11) is -6.12. The number of methoxy groups -OCH3 is 1. The second-order valence-corrected chi connectivity index (χ2v) is 13.5. The van der Waals surface area contributed by atoms with Gasteiger partial charge in [0.05, 0.1) is 22.5 Å². The predicted octanol–water partition coefficient (Wildman–Crippen LogP) is 2.47. The fourth-order valence-electron chi connectivity index (χ4n) is 4.40. The van der Waals surface area contributed by atoms with Crippen LogP contribution in [0.1, 0.15) is 40.1 Å². The maximum atomic E-state index is 13.0. The van der Waals surface area contributed by atoms with Crippen LogP contribution in [0.15, 0.2) is 34.1 Å². The lowest BCUT2D eigenvalue weighted by Crippen LogP contribution is -2.41. The van der Waals surface area contributed by atoms with E-state index >= 15 is 0 Å². The van der Waals surface area contributed by atoms with Crippen LogP contribution in [0.25, 0.3) is 0 Å². The van der Waals surface area contributed by atoms with Crippen LogP contribution >= 0.6 is 11.3 Å². The van der Waals surface area contributed by atoms with Crippen molar-refractivity contribution in [1.82, 2.24) is 4.31 Å². The van der Waals surface area contributed by atoms with E-state index in [4.69, 9.17) is 4.74 Å². The zero-order valence-corrected chi connectivity index (χ0v) is 21.3. The van der Waals surface area contributed by atoms with Crippen molar-refractivity contribution in [2.45, 2.75) is 41.9 Å². The fraction of sp³-hybridized carbons (Fsp3) is 0.455. The summed E-state index contributed by atoms with van der Waals surface area (Å²) >= 11 is 1.40. The zero-order valence-electron chi connectivity index (χ0n) is 18.9. The van der Waals surface area contributed by atoms with Gasteiger partial charge in [0.15, 0.2) is 9.84 Å². The van der Waals surface area contributed by atoms with Crippen LogP contribution in [0.3, 0.4) is 0 Å². The van der Waals surface area contributed by atoms with Crippen LogP contribution in [0.2, 0.25) is 0 Å². The quantitative estimate of drug-likeness (QED) is 0.573. The van der Waals surface area contributed by atoms with E-state index in [-0.39, 0.29) is 28.8 Å². The summed E-state index contributed by atoms with van der Waals surface area (Å²) in [6, 6.07) is 5.29. The van der Waals surface area contributed by atoms with Gasteiger partial charge in [-0.05, 0) is 55.9 Å². The van der Waals surface area contributed by atoms with Crippen molar-refractivity contribution in [1.29, 1.82) is 0 Å². The Bertz CT molecular complexity index is 1340. The van der Waals surface area contributed by atoms with Crippen molar-refractivity contribution in [3.63, 3.8) is 0 Å². The van der Waals surface area contributed by atoms with Crippen LogP contribution in [0.4, 0.5) is 5.00 Å². The van der Waals surface area contributed by atoms with E-state index in [0.29, 0.717) is 23.4 Å². The molecule has 2 aliphatic rings. The number of nitrogens with zero attached hydrogens (tertiary/aromatic N) is 1. The molecule has 1 N–H and O–H groups in total. The Morgan fingerprint density at radius 3 is 2.41 bits per heavy atom. The molecule has 1 aromatic carbocycles. The molecule has 0 atom stereocenters. The van der Waals surface area contributed by atoms with E-state index in [1.54, 1.807) is 0 Å². The molecular formula is C22H26N2O7S3. The Morgan fingerprint density at radius 1 is 1.09 bits per heavy atom. The molecule has 0 bridgehead atoms. The van der Waals surface area contributed by atoms with Crippen LogP contribution in [-0.2, 0) is 42.2 Å². The van der Waals surface area contributed by atoms with Gasteiger partial charge in [0, 0.05) is 30.1 Å². The molecule has 184 valence electrons. The predicted molar refractivity (Wildman–Crippen MR) is 127 cm³/mol. The third-order valence-electron chi connectivity index (χ3n) is 6.24. The number of hydrogen-bond acceptors (Lipinski definition) is 8. The normalized spacial score (nSPS) is 17.4. The SMILES string of the molecule is COC(=O)c1c(NC(=O)C2CCN(S(=O)(=O)c3cccc(S(C)(=O)=O)c3)CC2)sc2c1CCC2. The number of amides is 1. The molecule has 12 heteroatoms. The smallest absolute Gasteiger partial charge is 0.341 e. The minimum Gasteiger partial charge on any atom is -0.465 e. The van der Waals surface area contributed by atoms with Gasteiger partial charge in [-0.15, -0.1) is 11.3 Å². The number of rotatable bonds is 6. The second kappa shape index (κ2) is 9.40. The number of esters is 1. The summed E-state index contributed by atoms with van der Waals surface area (Å²) in [5.41, 5.74) is 1.38. The first-order valence-corrected chi connectivity index (χ1v) is 15.0. The lowest BCUT2D eigenvalue weighted by Gasteiger charge is -2.30. The van der Waals surface area contributed by atoms with Gasteiger partial charge in [-0.25, -0.2) is 21.6 Å². The molecule has 1 aliphatic carbocycles. The Labute approximate surface area is 203 Å². The molecule has 1 aromatic heterocycles. The van der Waals surface area contributed by atoms with Crippen molar-refractivity contribution in [3.05, 3.63) is 40.3 Å². The third-order valence-corrected chi connectivity index (χ3v) is 10.5. The molecule has 0 spiro atoms. The number of sulfone groups is 1. The molecule has 2 aromatic rings. The highest BCUT2D eigenvalue weighted by molar-refractivity contribution is 7.91. The Kier molecular flexibility index (Phi) is 6.87. The summed E-state index contributed by atoms with van der Waals surface area (Å²) in [4.78, 5) is 26.2. The summed E-state index contributed by atoms with van der Waals surface area (Å²) < 4.78 is 55.9. The highest BCUT2D eigenvalue weighted by atomic mass is 32.2. The minimum absolute atomic E-state index is 0.0629. The molecule has 34 heavy (non-hydrogen) atoms. The van der Waals surface area contributed by atoms with E-state index < -0.39 is 31.7 Å². The van der Waals surface area contributed by atoms with E-state index in [1.807, 2.05) is 0 Å². The van der Waals surface area contributed by atoms with Crippen molar-refractivity contribution in [3.8, 4) is 0 Å². The van der Waals surface area contributed by atoms with Gasteiger partial charge in [-0.3, -0.25) is 4.79 Å². The van der Waals surface area contributed by atoms with Crippen LogP contribution in [0, 0.1) is 5.92 Å². The number of nitrogens with one attached hydrogen (secondary N) is 1. The standard InChI is InChI=1S/C22H26N2O7S3/c1-31-22(26)19-17-7-4-8-18(17)32-21(19)23-20(25)14-9-11-24(12-10-14)34(29,30)16-6-3-5-15(13-16)33(2,27)28/h3,5-6,13-14H,4,7-12H2,1-2H3,(H,23,25). The van der Waals surface area contributed by atoms with Crippen LogP contribution in [-0.4, -0.2) is 59.5 Å². The number of carbonyl (C=O) groups excluding carboxylic acids is 2. The molecule has 9 nitrogen and oxygen atoms in total. The maximum absolute atomic E-state index is 13.0. The summed E-state index contributed by atoms with van der Waals surface area (Å²) in [6.45, 7) is 0.267.